The number of hydrogen-bond donors (Lipinski definition) is 1. The summed E-state index contributed by atoms with van der Waals surface area (Å²) in [5.74, 6) is 0.551. The van der Waals surface area contributed by atoms with Crippen molar-refractivity contribution >= 4 is 29.2 Å². The highest BCUT2D eigenvalue weighted by Gasteiger charge is 2.00. The van der Waals surface area contributed by atoms with Crippen molar-refractivity contribution < 1.29 is 0 Å². The fraction of sp³-hybridized carbons (Fsp3) is 0. The van der Waals surface area contributed by atoms with E-state index in [0.717, 1.165) is 11.3 Å². The Kier molecular flexibility index (Phi) is 2.99. The van der Waals surface area contributed by atoms with E-state index in [2.05, 4.69) is 20.7 Å². The van der Waals surface area contributed by atoms with Crippen molar-refractivity contribution in [2.45, 2.75) is 0 Å². The fourth-order valence-electron chi connectivity index (χ4n) is 1.17. The number of hydrogen-bond acceptors (Lipinski definition) is 4. The maximum absolute atomic E-state index is 4.79. The Hall–Kier alpha value is -1.81. The van der Waals surface area contributed by atoms with Crippen molar-refractivity contribution in [3.05, 3.63) is 48.3 Å². The van der Waals surface area contributed by atoms with Crippen LogP contribution in [0.5, 0.6) is 0 Å². The van der Waals surface area contributed by atoms with Crippen LogP contribution in [0.4, 0.5) is 11.6 Å². The largest absolute Gasteiger partial charge is 0.324 e. The van der Waals surface area contributed by atoms with Crippen LogP contribution in [0.15, 0.2) is 42.7 Å². The van der Waals surface area contributed by atoms with Crippen LogP contribution < -0.4 is 5.32 Å². The summed E-state index contributed by atoms with van der Waals surface area (Å²) in [7, 11) is 0. The van der Waals surface area contributed by atoms with Crippen LogP contribution in [-0.2, 0) is 0 Å². The van der Waals surface area contributed by atoms with Crippen molar-refractivity contribution in [3.63, 3.8) is 0 Å². The molecule has 73 valence electrons. The molecule has 1 radical (unpaired) electrons. The smallest absolute Gasteiger partial charge is 0.227 e. The second-order valence-electron chi connectivity index (χ2n) is 2.85. The molecular weight excluding hydrogens is 206 g/mol. The van der Waals surface area contributed by atoms with Gasteiger partial charge < -0.3 is 5.32 Å². The number of rotatable bonds is 3. The molecule has 1 N–H and O–H groups in total. The molecule has 0 saturated carbocycles. The Labute approximate surface area is 93.2 Å². The molecule has 0 spiro atoms. The Morgan fingerprint density at radius 2 is 1.80 bits per heavy atom. The molecule has 15 heavy (non-hydrogen) atoms. The van der Waals surface area contributed by atoms with E-state index in [1.165, 1.54) is 0 Å². The predicted molar refractivity (Wildman–Crippen MR) is 63.5 cm³/mol. The number of benzene rings is 1. The summed E-state index contributed by atoms with van der Waals surface area (Å²) in [4.78, 5) is 8.13. The number of aromatic nitrogens is 2. The zero-order chi connectivity index (χ0) is 10.5. The quantitative estimate of drug-likeness (QED) is 0.796. The van der Waals surface area contributed by atoms with Crippen molar-refractivity contribution in [2.24, 2.45) is 0 Å². The first-order chi connectivity index (χ1) is 7.40. The molecule has 0 saturated heterocycles. The van der Waals surface area contributed by atoms with Gasteiger partial charge in [0.1, 0.15) is 0 Å². The van der Waals surface area contributed by atoms with E-state index in [4.69, 9.17) is 12.2 Å². The summed E-state index contributed by atoms with van der Waals surface area (Å²) in [6.07, 6.45) is 3.36. The molecule has 1 aromatic heterocycles. The van der Waals surface area contributed by atoms with Gasteiger partial charge in [-0.15, -0.1) is 0 Å². The summed E-state index contributed by atoms with van der Waals surface area (Å²) in [5.41, 5.74) is 1.69. The summed E-state index contributed by atoms with van der Waals surface area (Å²) in [5, 5.41) is 5.75. The third-order valence-corrected chi connectivity index (χ3v) is 2.07. The molecule has 0 aliphatic rings. The van der Waals surface area contributed by atoms with E-state index in [1.54, 1.807) is 18.5 Å². The molecule has 4 heteroatoms. The minimum Gasteiger partial charge on any atom is -0.324 e. The van der Waals surface area contributed by atoms with Crippen molar-refractivity contribution in [1.82, 2.24) is 9.97 Å². The zero-order valence-electron chi connectivity index (χ0n) is 7.84. The van der Waals surface area contributed by atoms with Gasteiger partial charge in [0, 0.05) is 23.6 Å². The second-order valence-corrected chi connectivity index (χ2v) is 3.05. The molecule has 1 heterocycles. The van der Waals surface area contributed by atoms with Gasteiger partial charge in [0.05, 0.1) is 5.37 Å². The maximum atomic E-state index is 4.79. The lowest BCUT2D eigenvalue weighted by atomic mass is 10.2. The van der Waals surface area contributed by atoms with E-state index in [-0.39, 0.29) is 0 Å². The van der Waals surface area contributed by atoms with Crippen LogP contribution in [0.1, 0.15) is 5.56 Å². The van der Waals surface area contributed by atoms with Gasteiger partial charge in [0.2, 0.25) is 5.95 Å². The molecular formula is C11H8N3S. The van der Waals surface area contributed by atoms with Crippen molar-refractivity contribution in [3.8, 4) is 0 Å². The van der Waals surface area contributed by atoms with Crippen LogP contribution in [-0.4, -0.2) is 15.3 Å². The van der Waals surface area contributed by atoms with Gasteiger partial charge in [-0.3, -0.25) is 0 Å². The van der Waals surface area contributed by atoms with Gasteiger partial charge >= 0.3 is 0 Å². The molecule has 0 amide bonds. The molecule has 0 atom stereocenters. The molecule has 2 rings (SSSR count). The molecule has 0 aliphatic heterocycles. The van der Waals surface area contributed by atoms with E-state index in [9.17, 15) is 0 Å². The highest BCUT2D eigenvalue weighted by molar-refractivity contribution is 7.79. The van der Waals surface area contributed by atoms with Gasteiger partial charge in [-0.25, -0.2) is 9.97 Å². The molecule has 3 nitrogen and oxygen atoms in total. The van der Waals surface area contributed by atoms with Crippen LogP contribution in [0.3, 0.4) is 0 Å². The average molecular weight is 214 g/mol. The number of anilines is 2. The van der Waals surface area contributed by atoms with Gasteiger partial charge in [0.15, 0.2) is 0 Å². The third-order valence-electron chi connectivity index (χ3n) is 1.85. The standard InChI is InChI=1S/C11H8N3S/c15-8-9-4-1-2-5-10(9)14-11-12-6-3-7-13-11/h1-7H,(H,12,13,14). The summed E-state index contributed by atoms with van der Waals surface area (Å²) in [6, 6.07) is 9.39. The fourth-order valence-corrected chi connectivity index (χ4v) is 1.34. The van der Waals surface area contributed by atoms with Crippen molar-refractivity contribution in [1.29, 1.82) is 0 Å². The van der Waals surface area contributed by atoms with Crippen LogP contribution in [0, 0.1) is 0 Å². The van der Waals surface area contributed by atoms with E-state index in [0.29, 0.717) is 5.95 Å². The van der Waals surface area contributed by atoms with E-state index < -0.39 is 0 Å². The number of nitrogens with zero attached hydrogens (tertiary/aromatic N) is 2. The van der Waals surface area contributed by atoms with Crippen molar-refractivity contribution in [2.75, 3.05) is 5.32 Å². The van der Waals surface area contributed by atoms with E-state index >= 15 is 0 Å². The van der Waals surface area contributed by atoms with Gasteiger partial charge in [-0.2, -0.15) is 0 Å². The highest BCUT2D eigenvalue weighted by atomic mass is 32.1. The van der Waals surface area contributed by atoms with Crippen LogP contribution in [0.25, 0.3) is 0 Å². The Bertz CT molecular complexity index is 456. The first-order valence-corrected chi connectivity index (χ1v) is 4.82. The summed E-state index contributed by atoms with van der Waals surface area (Å²) in [6.45, 7) is 0. The number of nitrogens with one attached hydrogen (secondary N) is 1. The highest BCUT2D eigenvalue weighted by Crippen LogP contribution is 2.16. The first kappa shape index (κ1) is 9.73. The Morgan fingerprint density at radius 3 is 2.53 bits per heavy atom. The maximum Gasteiger partial charge on any atom is 0.227 e. The predicted octanol–water partition coefficient (Wildman–Crippen LogP) is 2.45. The lowest BCUT2D eigenvalue weighted by Crippen LogP contribution is -1.98. The van der Waals surface area contributed by atoms with Gasteiger partial charge in [-0.05, 0) is 12.1 Å². The van der Waals surface area contributed by atoms with Gasteiger partial charge in [-0.1, -0.05) is 30.4 Å². The van der Waals surface area contributed by atoms with E-state index in [1.807, 2.05) is 24.3 Å². The molecule has 0 aliphatic carbocycles. The van der Waals surface area contributed by atoms with Crippen LogP contribution in [0.2, 0.25) is 0 Å². The molecule has 1 aromatic carbocycles. The average Bonchev–Trinajstić information content (AvgIpc) is 2.31. The topological polar surface area (TPSA) is 37.8 Å². The SMILES string of the molecule is S=[C]c1ccccc1Nc1ncccn1. The molecule has 0 unspecified atom stereocenters. The molecule has 0 fully saturated rings. The first-order valence-electron chi connectivity index (χ1n) is 4.41. The lowest BCUT2D eigenvalue weighted by molar-refractivity contribution is 1.17. The Balaban J connectivity index is 2.28. The Morgan fingerprint density at radius 1 is 1.07 bits per heavy atom. The number of para-hydroxylation sites is 1. The summed E-state index contributed by atoms with van der Waals surface area (Å²) < 4.78 is 0. The monoisotopic (exact) mass is 214 g/mol. The second kappa shape index (κ2) is 4.61. The molecule has 2 aromatic rings. The molecule has 0 bridgehead atoms. The normalized spacial score (nSPS) is 9.60. The van der Waals surface area contributed by atoms with Gasteiger partial charge in [0.25, 0.3) is 0 Å². The number of thiocarbonyl (C=S) groups is 1. The lowest BCUT2D eigenvalue weighted by Gasteiger charge is -2.06. The summed E-state index contributed by atoms with van der Waals surface area (Å²) >= 11 is 4.79. The third kappa shape index (κ3) is 2.35. The minimum absolute atomic E-state index is 0.551. The van der Waals surface area contributed by atoms with Crippen LogP contribution >= 0.6 is 12.2 Å². The zero-order valence-corrected chi connectivity index (χ0v) is 8.66. The minimum atomic E-state index is 0.551.